The minimum Gasteiger partial charge on any atom is -0.409 e. The number of oxime groups is 1. The zero-order chi connectivity index (χ0) is 13.8. The number of likely N-dealkylation sites (tertiary alicyclic amines) is 1. The van der Waals surface area contributed by atoms with Gasteiger partial charge in [-0.3, -0.25) is 0 Å². The highest BCUT2D eigenvalue weighted by molar-refractivity contribution is 5.83. The van der Waals surface area contributed by atoms with Gasteiger partial charge in [-0.25, -0.2) is 0 Å². The van der Waals surface area contributed by atoms with Gasteiger partial charge in [0.1, 0.15) is 5.92 Å². The fourth-order valence-electron chi connectivity index (χ4n) is 1.95. The van der Waals surface area contributed by atoms with Crippen molar-refractivity contribution in [3.8, 4) is 0 Å². The summed E-state index contributed by atoms with van der Waals surface area (Å²) in [5, 5.41) is 13.7. The maximum absolute atomic E-state index is 12.7. The molecule has 1 saturated heterocycles. The zero-order valence-corrected chi connectivity index (χ0v) is 10.2. The van der Waals surface area contributed by atoms with Crippen molar-refractivity contribution in [2.75, 3.05) is 26.7 Å². The number of nitrogens with zero attached hydrogens (tertiary/aromatic N) is 2. The lowest BCUT2D eigenvalue weighted by atomic mass is 10.0. The molecule has 0 aromatic heterocycles. The molecule has 1 aliphatic heterocycles. The molecule has 0 aromatic carbocycles. The Morgan fingerprint density at radius 2 is 2.06 bits per heavy atom. The molecule has 0 radical (unpaired) electrons. The van der Waals surface area contributed by atoms with Gasteiger partial charge in [0.15, 0.2) is 5.84 Å². The molecule has 106 valence electrons. The van der Waals surface area contributed by atoms with Gasteiger partial charge in [0, 0.05) is 12.6 Å². The van der Waals surface area contributed by atoms with Crippen LogP contribution in [-0.2, 0) is 0 Å². The Labute approximate surface area is 104 Å². The molecule has 0 amide bonds. The van der Waals surface area contributed by atoms with Gasteiger partial charge in [-0.15, -0.1) is 0 Å². The summed E-state index contributed by atoms with van der Waals surface area (Å²) >= 11 is 0. The number of amidine groups is 1. The Hall–Kier alpha value is -1.02. The predicted molar refractivity (Wildman–Crippen MR) is 61.5 cm³/mol. The third kappa shape index (κ3) is 4.34. The molecule has 1 atom stereocenters. The summed E-state index contributed by atoms with van der Waals surface area (Å²) in [5.74, 6) is -2.75. The summed E-state index contributed by atoms with van der Waals surface area (Å²) in [6.07, 6.45) is -2.90. The van der Waals surface area contributed by atoms with Gasteiger partial charge in [0.05, 0.1) is 0 Å². The first-order valence-corrected chi connectivity index (χ1v) is 5.80. The average Bonchev–Trinajstić information content (AvgIpc) is 2.29. The Morgan fingerprint density at radius 3 is 2.50 bits per heavy atom. The van der Waals surface area contributed by atoms with E-state index in [1.165, 1.54) is 0 Å². The van der Waals surface area contributed by atoms with Crippen molar-refractivity contribution in [2.45, 2.75) is 25.1 Å². The quantitative estimate of drug-likeness (QED) is 0.302. The van der Waals surface area contributed by atoms with E-state index in [0.29, 0.717) is 0 Å². The molecule has 0 aliphatic carbocycles. The van der Waals surface area contributed by atoms with E-state index < -0.39 is 17.9 Å². The Bertz CT molecular complexity index is 287. The van der Waals surface area contributed by atoms with E-state index in [-0.39, 0.29) is 12.6 Å². The summed E-state index contributed by atoms with van der Waals surface area (Å²) in [6, 6.07) is 0.0533. The van der Waals surface area contributed by atoms with E-state index in [1.807, 2.05) is 7.05 Å². The van der Waals surface area contributed by atoms with E-state index in [1.54, 1.807) is 0 Å². The number of nitrogens with two attached hydrogens (primary N) is 1. The molecule has 4 N–H and O–H groups in total. The monoisotopic (exact) mass is 268 g/mol. The van der Waals surface area contributed by atoms with Gasteiger partial charge < -0.3 is 21.2 Å². The maximum atomic E-state index is 12.7. The summed E-state index contributed by atoms with van der Waals surface area (Å²) < 4.78 is 38.0. The van der Waals surface area contributed by atoms with Crippen molar-refractivity contribution in [1.29, 1.82) is 0 Å². The predicted octanol–water partition coefficient (Wildman–Crippen LogP) is 0.595. The van der Waals surface area contributed by atoms with Gasteiger partial charge >= 0.3 is 6.18 Å². The van der Waals surface area contributed by atoms with Crippen molar-refractivity contribution >= 4 is 5.84 Å². The van der Waals surface area contributed by atoms with Crippen molar-refractivity contribution in [3.63, 3.8) is 0 Å². The first kappa shape index (κ1) is 15.0. The molecule has 0 bridgehead atoms. The lowest BCUT2D eigenvalue weighted by molar-refractivity contribution is -0.155. The molecule has 1 fully saturated rings. The molecule has 0 aromatic rings. The zero-order valence-electron chi connectivity index (χ0n) is 10.2. The second kappa shape index (κ2) is 6.24. The Kier molecular flexibility index (Phi) is 5.21. The number of hydrogen-bond acceptors (Lipinski definition) is 4. The van der Waals surface area contributed by atoms with Gasteiger partial charge in [-0.05, 0) is 33.0 Å². The van der Waals surface area contributed by atoms with E-state index in [2.05, 4.69) is 15.4 Å². The van der Waals surface area contributed by atoms with Crippen LogP contribution in [0.3, 0.4) is 0 Å². The van der Waals surface area contributed by atoms with E-state index >= 15 is 0 Å². The number of alkyl halides is 3. The summed E-state index contributed by atoms with van der Waals surface area (Å²) in [5.41, 5.74) is 5.07. The molecule has 8 heteroatoms. The smallest absolute Gasteiger partial charge is 0.400 e. The topological polar surface area (TPSA) is 73.9 Å². The van der Waals surface area contributed by atoms with Crippen LogP contribution in [0, 0.1) is 5.92 Å². The van der Waals surface area contributed by atoms with Crippen LogP contribution in [0.4, 0.5) is 13.2 Å². The van der Waals surface area contributed by atoms with Crippen LogP contribution in [0.1, 0.15) is 12.8 Å². The SMILES string of the molecule is CN1CCC(NCC(C(N)=NO)C(F)(F)F)CC1. The molecular weight excluding hydrogens is 249 g/mol. The van der Waals surface area contributed by atoms with Crippen LogP contribution in [0.25, 0.3) is 0 Å². The lowest BCUT2D eigenvalue weighted by Crippen LogP contribution is -2.48. The number of halogens is 3. The molecule has 0 spiro atoms. The van der Waals surface area contributed by atoms with Gasteiger partial charge in [0.2, 0.25) is 0 Å². The van der Waals surface area contributed by atoms with Crippen LogP contribution >= 0.6 is 0 Å². The highest BCUT2D eigenvalue weighted by atomic mass is 19.4. The van der Waals surface area contributed by atoms with E-state index in [9.17, 15) is 13.2 Å². The minimum atomic E-state index is -4.51. The van der Waals surface area contributed by atoms with Gasteiger partial charge in [0.25, 0.3) is 0 Å². The normalized spacial score (nSPS) is 22.1. The van der Waals surface area contributed by atoms with Crippen molar-refractivity contribution in [3.05, 3.63) is 0 Å². The first-order chi connectivity index (χ1) is 8.34. The fourth-order valence-corrected chi connectivity index (χ4v) is 1.95. The third-order valence-corrected chi connectivity index (χ3v) is 3.20. The van der Waals surface area contributed by atoms with Crippen molar-refractivity contribution in [2.24, 2.45) is 16.8 Å². The molecule has 18 heavy (non-hydrogen) atoms. The van der Waals surface area contributed by atoms with Crippen LogP contribution in [0.15, 0.2) is 5.16 Å². The number of piperidine rings is 1. The summed E-state index contributed by atoms with van der Waals surface area (Å²) in [4.78, 5) is 2.13. The second-order valence-electron chi connectivity index (χ2n) is 4.60. The number of nitrogens with one attached hydrogen (secondary N) is 1. The standard InChI is InChI=1S/C10H19F3N4O/c1-17-4-2-7(3-5-17)15-6-8(9(14)16-18)10(11,12)13/h7-8,15,18H,2-6H2,1H3,(H2,14,16). The van der Waals surface area contributed by atoms with E-state index in [0.717, 1.165) is 25.9 Å². The summed E-state index contributed by atoms with van der Waals surface area (Å²) in [7, 11) is 1.98. The Morgan fingerprint density at radius 1 is 1.50 bits per heavy atom. The van der Waals surface area contributed by atoms with Gasteiger partial charge in [-0.1, -0.05) is 5.16 Å². The average molecular weight is 268 g/mol. The maximum Gasteiger partial charge on any atom is 0.400 e. The second-order valence-corrected chi connectivity index (χ2v) is 4.60. The van der Waals surface area contributed by atoms with E-state index in [4.69, 9.17) is 10.9 Å². The largest absolute Gasteiger partial charge is 0.409 e. The number of hydrogen-bond donors (Lipinski definition) is 3. The molecule has 0 saturated carbocycles. The van der Waals surface area contributed by atoms with Gasteiger partial charge in [-0.2, -0.15) is 13.2 Å². The van der Waals surface area contributed by atoms with Crippen molar-refractivity contribution < 1.29 is 18.4 Å². The Balaban J connectivity index is 2.48. The van der Waals surface area contributed by atoms with Crippen molar-refractivity contribution in [1.82, 2.24) is 10.2 Å². The molecule has 1 rings (SSSR count). The van der Waals surface area contributed by atoms with Crippen LogP contribution < -0.4 is 11.1 Å². The van der Waals surface area contributed by atoms with Crippen LogP contribution in [0.5, 0.6) is 0 Å². The third-order valence-electron chi connectivity index (χ3n) is 3.20. The van der Waals surface area contributed by atoms with Crippen LogP contribution in [-0.4, -0.2) is 54.8 Å². The molecule has 1 heterocycles. The molecule has 1 unspecified atom stereocenters. The fraction of sp³-hybridized carbons (Fsp3) is 0.900. The molecular formula is C10H19F3N4O. The minimum absolute atomic E-state index is 0.0533. The first-order valence-electron chi connectivity index (χ1n) is 5.80. The molecule has 5 nitrogen and oxygen atoms in total. The van der Waals surface area contributed by atoms with Crippen LogP contribution in [0.2, 0.25) is 0 Å². The highest BCUT2D eigenvalue weighted by Gasteiger charge is 2.42. The number of rotatable bonds is 4. The molecule has 1 aliphatic rings. The summed E-state index contributed by atoms with van der Waals surface area (Å²) in [6.45, 7) is 1.36. The lowest BCUT2D eigenvalue weighted by Gasteiger charge is -2.31. The highest BCUT2D eigenvalue weighted by Crippen LogP contribution is 2.26.